The lowest BCUT2D eigenvalue weighted by Gasteiger charge is -2.34. The lowest BCUT2D eigenvalue weighted by atomic mass is 10.0. The second-order valence-electron chi connectivity index (χ2n) is 12.2. The molecule has 3 N–H and O–H groups in total. The first kappa shape index (κ1) is 33.2. The van der Waals surface area contributed by atoms with E-state index in [9.17, 15) is 13.2 Å². The van der Waals surface area contributed by atoms with E-state index >= 15 is 0 Å². The van der Waals surface area contributed by atoms with E-state index in [1.807, 2.05) is 12.1 Å². The van der Waals surface area contributed by atoms with Gasteiger partial charge < -0.3 is 19.7 Å². The monoisotopic (exact) mass is 683 g/mol. The maximum atomic E-state index is 13.4. The smallest absolute Gasteiger partial charge is 0.275 e. The minimum Gasteiger partial charge on any atom is -0.480 e. The van der Waals surface area contributed by atoms with Crippen LogP contribution in [-0.2, 0) is 21.3 Å². The predicted octanol–water partition coefficient (Wildman–Crippen LogP) is 2.94. The van der Waals surface area contributed by atoms with Gasteiger partial charge in [-0.05, 0) is 44.7 Å². The zero-order valence-electron chi connectivity index (χ0n) is 27.0. The molecule has 2 aliphatic heterocycles. The molecule has 6 rings (SSSR count). The molecule has 0 saturated carbocycles. The van der Waals surface area contributed by atoms with Gasteiger partial charge in [0.2, 0.25) is 15.9 Å². The van der Waals surface area contributed by atoms with Gasteiger partial charge >= 0.3 is 0 Å². The zero-order chi connectivity index (χ0) is 33.1. The van der Waals surface area contributed by atoms with Crippen LogP contribution in [0.25, 0.3) is 22.0 Å². The summed E-state index contributed by atoms with van der Waals surface area (Å²) in [5.74, 6) is -0.227. The Balaban J connectivity index is 1.18. The molecular formula is C31H41N9O5S2. The first-order valence-electron chi connectivity index (χ1n) is 15.6. The summed E-state index contributed by atoms with van der Waals surface area (Å²) in [5, 5.41) is 13.5. The lowest BCUT2D eigenvalue weighted by Crippen LogP contribution is -2.46. The first-order chi connectivity index (χ1) is 22.5. The molecule has 5 heterocycles. The molecular weight excluding hydrogens is 643 g/mol. The van der Waals surface area contributed by atoms with Crippen LogP contribution in [-0.4, -0.2) is 127 Å². The Morgan fingerprint density at radius 1 is 1.06 bits per heavy atom. The molecule has 3 aromatic heterocycles. The first-order valence-corrected chi connectivity index (χ1v) is 18.1. The molecule has 0 bridgehead atoms. The number of thiazole rings is 1. The van der Waals surface area contributed by atoms with Gasteiger partial charge in [-0.2, -0.15) is 5.10 Å². The van der Waals surface area contributed by atoms with Gasteiger partial charge in [-0.3, -0.25) is 24.4 Å². The van der Waals surface area contributed by atoms with E-state index in [2.05, 4.69) is 65.8 Å². The molecule has 1 aromatic carbocycles. The van der Waals surface area contributed by atoms with Gasteiger partial charge in [-0.1, -0.05) is 0 Å². The largest absolute Gasteiger partial charge is 0.480 e. The van der Waals surface area contributed by atoms with E-state index < -0.39 is 10.0 Å². The number of piperazine rings is 1. The number of pyridine rings is 1. The fraction of sp³-hybridized carbons (Fsp3) is 0.484. The van der Waals surface area contributed by atoms with Crippen LogP contribution in [0.5, 0.6) is 5.88 Å². The van der Waals surface area contributed by atoms with Crippen molar-refractivity contribution in [3.05, 3.63) is 46.7 Å². The molecule has 2 saturated heterocycles. The Morgan fingerprint density at radius 2 is 1.81 bits per heavy atom. The number of hydrogen-bond acceptors (Lipinski definition) is 12. The number of likely N-dealkylation sites (N-methyl/N-ethyl adjacent to an activating group) is 1. The van der Waals surface area contributed by atoms with Crippen LogP contribution in [0.15, 0.2) is 36.0 Å². The van der Waals surface area contributed by atoms with Crippen LogP contribution in [0.4, 0.5) is 11.4 Å². The topological polar surface area (TPSA) is 158 Å². The highest BCUT2D eigenvalue weighted by atomic mass is 32.2. The van der Waals surface area contributed by atoms with E-state index in [1.165, 1.54) is 18.4 Å². The third kappa shape index (κ3) is 8.25. The lowest BCUT2D eigenvalue weighted by molar-refractivity contribution is -0.0705. The Kier molecular flexibility index (Phi) is 10.1. The Morgan fingerprint density at radius 3 is 2.55 bits per heavy atom. The zero-order valence-corrected chi connectivity index (χ0v) is 28.7. The van der Waals surface area contributed by atoms with Gasteiger partial charge in [-0.15, -0.1) is 11.3 Å². The number of aromatic nitrogens is 4. The van der Waals surface area contributed by atoms with Crippen molar-refractivity contribution in [2.45, 2.75) is 32.6 Å². The molecule has 4 aromatic rings. The van der Waals surface area contributed by atoms with Crippen LogP contribution >= 0.6 is 11.3 Å². The minimum atomic E-state index is -3.69. The number of hydrogen-bond donors (Lipinski definition) is 3. The number of nitrogens with one attached hydrogen (secondary N) is 3. The summed E-state index contributed by atoms with van der Waals surface area (Å²) in [6.45, 7) is 10.3. The molecule has 2 atom stereocenters. The molecule has 0 radical (unpaired) electrons. The molecule has 16 heteroatoms. The number of carbonyl (C=O) groups excluding carboxylic acids is 1. The normalized spacial score (nSPS) is 20.0. The quantitative estimate of drug-likeness (QED) is 0.214. The number of aromatic amines is 1. The third-order valence-electron chi connectivity index (χ3n) is 8.36. The number of amides is 1. The van der Waals surface area contributed by atoms with Crippen LogP contribution in [0.3, 0.4) is 0 Å². The number of benzene rings is 1. The summed E-state index contributed by atoms with van der Waals surface area (Å²) in [4.78, 5) is 29.1. The second-order valence-corrected chi connectivity index (χ2v) is 15.0. The highest BCUT2D eigenvalue weighted by molar-refractivity contribution is 7.92. The van der Waals surface area contributed by atoms with Gasteiger partial charge in [-0.25, -0.2) is 18.4 Å². The SMILES string of the molecule is COc1ncc(-c2cc(NC(=O)c3csc(CN4C[C@@H](C)O[C@@H](C)C4)n3)c3cn[nH]c3c2)cc1NS(=O)(=O)CCN1CCN(C)CC1. The number of carbonyl (C=O) groups is 1. The van der Waals surface area contributed by atoms with Crippen LogP contribution < -0.4 is 14.8 Å². The minimum absolute atomic E-state index is 0.0522. The van der Waals surface area contributed by atoms with E-state index in [4.69, 9.17) is 9.47 Å². The van der Waals surface area contributed by atoms with Gasteiger partial charge in [0.25, 0.3) is 5.91 Å². The predicted molar refractivity (Wildman–Crippen MR) is 183 cm³/mol. The molecule has 252 valence electrons. The number of morpholine rings is 1. The number of nitrogens with zero attached hydrogens (tertiary/aromatic N) is 6. The highest BCUT2D eigenvalue weighted by Crippen LogP contribution is 2.34. The molecule has 0 unspecified atom stereocenters. The summed E-state index contributed by atoms with van der Waals surface area (Å²) in [6.07, 6.45) is 3.55. The summed E-state index contributed by atoms with van der Waals surface area (Å²) in [6, 6.07) is 5.37. The van der Waals surface area contributed by atoms with E-state index in [1.54, 1.807) is 23.8 Å². The number of sulfonamides is 1. The van der Waals surface area contributed by atoms with Crippen molar-refractivity contribution in [2.24, 2.45) is 0 Å². The van der Waals surface area contributed by atoms with Crippen molar-refractivity contribution >= 4 is 49.5 Å². The van der Waals surface area contributed by atoms with Crippen LogP contribution in [0.1, 0.15) is 29.3 Å². The van der Waals surface area contributed by atoms with Crippen molar-refractivity contribution < 1.29 is 22.7 Å². The van der Waals surface area contributed by atoms with Crippen LogP contribution in [0, 0.1) is 0 Å². The van der Waals surface area contributed by atoms with Gasteiger partial charge in [0.1, 0.15) is 16.4 Å². The Bertz CT molecular complexity index is 1810. The summed E-state index contributed by atoms with van der Waals surface area (Å²) in [5.41, 5.74) is 3.11. The number of H-pyrrole nitrogens is 1. The number of fused-ring (bicyclic) bond motifs is 1. The summed E-state index contributed by atoms with van der Waals surface area (Å²) >= 11 is 1.46. The standard InChI is InChI=1S/C31H41N9O5S2/c1-20-16-40(17-21(2)45-20)18-29-34-28(19-46-29)30(41)35-25-11-22(12-26-24(25)15-33-36-26)23-13-27(31(44-4)32-14-23)37-47(42,43)10-9-39-7-5-38(3)6-8-39/h11-15,19-21,37H,5-10,16-18H2,1-4H3,(H,33,36)(H,35,41)/t20-,21+. The van der Waals surface area contributed by atoms with Gasteiger partial charge in [0.15, 0.2) is 0 Å². The van der Waals surface area contributed by atoms with Gasteiger partial charge in [0.05, 0.1) is 49.0 Å². The third-order valence-corrected chi connectivity index (χ3v) is 10.4. The van der Waals surface area contributed by atoms with Crippen LogP contribution in [0.2, 0.25) is 0 Å². The number of rotatable bonds is 11. The van der Waals surface area contributed by atoms with Crippen molar-refractivity contribution in [3.63, 3.8) is 0 Å². The average Bonchev–Trinajstić information content (AvgIpc) is 3.70. The Labute approximate surface area is 278 Å². The summed E-state index contributed by atoms with van der Waals surface area (Å²) in [7, 11) is -0.179. The second kappa shape index (κ2) is 14.2. The number of methoxy groups -OCH3 is 1. The maximum Gasteiger partial charge on any atom is 0.275 e. The maximum absolute atomic E-state index is 13.4. The van der Waals surface area contributed by atoms with E-state index in [0.717, 1.165) is 49.7 Å². The molecule has 0 spiro atoms. The average molecular weight is 684 g/mol. The molecule has 2 fully saturated rings. The Hall–Kier alpha value is -3.67. The van der Waals surface area contributed by atoms with Crippen molar-refractivity contribution in [1.82, 2.24) is 34.9 Å². The van der Waals surface area contributed by atoms with E-state index in [0.29, 0.717) is 41.1 Å². The molecule has 47 heavy (non-hydrogen) atoms. The fourth-order valence-corrected chi connectivity index (χ4v) is 7.88. The van der Waals surface area contributed by atoms with Crippen molar-refractivity contribution in [2.75, 3.05) is 75.8 Å². The molecule has 14 nitrogen and oxygen atoms in total. The number of ether oxygens (including phenoxy) is 2. The highest BCUT2D eigenvalue weighted by Gasteiger charge is 2.24. The van der Waals surface area contributed by atoms with Gasteiger partial charge in [0, 0.05) is 68.3 Å². The fourth-order valence-electron chi connectivity index (χ4n) is 5.99. The summed E-state index contributed by atoms with van der Waals surface area (Å²) < 4.78 is 40.1. The van der Waals surface area contributed by atoms with E-state index in [-0.39, 0.29) is 35.4 Å². The van der Waals surface area contributed by atoms with Crippen molar-refractivity contribution in [1.29, 1.82) is 0 Å². The van der Waals surface area contributed by atoms with Crippen molar-refractivity contribution in [3.8, 4) is 17.0 Å². The molecule has 1 amide bonds. The molecule has 0 aliphatic carbocycles. The number of anilines is 2. The molecule has 2 aliphatic rings.